The summed E-state index contributed by atoms with van der Waals surface area (Å²) in [4.78, 5) is 59.3. The van der Waals surface area contributed by atoms with E-state index in [2.05, 4.69) is 5.32 Å². The molecule has 1 unspecified atom stereocenters. The second-order valence-corrected chi connectivity index (χ2v) is 6.90. The van der Waals surface area contributed by atoms with Crippen LogP contribution in [0, 0.1) is 20.2 Å². The van der Waals surface area contributed by atoms with Gasteiger partial charge in [0.25, 0.3) is 22.8 Å². The molecule has 1 heterocycles. The molecule has 0 aliphatic carbocycles. The number of carbonyl (C=O) groups is 2. The van der Waals surface area contributed by atoms with E-state index >= 15 is 0 Å². The lowest BCUT2D eigenvalue weighted by atomic mass is 10.0. The third-order valence-electron chi connectivity index (χ3n) is 4.34. The van der Waals surface area contributed by atoms with Crippen molar-refractivity contribution in [1.82, 2.24) is 4.57 Å². The molecule has 0 saturated carbocycles. The van der Waals surface area contributed by atoms with E-state index in [0.29, 0.717) is 0 Å². The highest BCUT2D eigenvalue weighted by molar-refractivity contribution is 6.30. The Hall–Kier alpha value is -4.38. The van der Waals surface area contributed by atoms with Crippen LogP contribution in [0.15, 0.2) is 71.7 Å². The van der Waals surface area contributed by atoms with Crippen LogP contribution in [0.5, 0.6) is 0 Å². The molecule has 12 heteroatoms. The average molecular weight is 457 g/mol. The van der Waals surface area contributed by atoms with E-state index in [9.17, 15) is 34.6 Å². The number of nitrogens with one attached hydrogen (secondary N) is 1. The molecule has 0 aliphatic rings. The summed E-state index contributed by atoms with van der Waals surface area (Å²) in [5, 5.41) is 24.5. The summed E-state index contributed by atoms with van der Waals surface area (Å²) in [5.74, 6) is -1.91. The SMILES string of the molecule is O=C(Nc1cccc([N+](=O)[O-])c1)C(C(=O)c1cccc([N+](=O)[O-])c1)n1cc(Cl)ccc1=O. The molecule has 0 radical (unpaired) electrons. The zero-order chi connectivity index (χ0) is 23.4. The molecule has 32 heavy (non-hydrogen) atoms. The minimum atomic E-state index is -1.79. The number of hydrogen-bond acceptors (Lipinski definition) is 7. The molecule has 1 amide bonds. The van der Waals surface area contributed by atoms with Crippen LogP contribution in [0.4, 0.5) is 17.1 Å². The van der Waals surface area contributed by atoms with Crippen LogP contribution in [0.25, 0.3) is 0 Å². The number of hydrogen-bond donors (Lipinski definition) is 1. The summed E-state index contributed by atoms with van der Waals surface area (Å²) in [7, 11) is 0. The Morgan fingerprint density at radius 3 is 2.22 bits per heavy atom. The first-order valence-electron chi connectivity index (χ1n) is 8.89. The molecule has 3 rings (SSSR count). The van der Waals surface area contributed by atoms with Crippen molar-refractivity contribution in [2.24, 2.45) is 0 Å². The number of halogens is 1. The van der Waals surface area contributed by atoms with Crippen molar-refractivity contribution in [1.29, 1.82) is 0 Å². The van der Waals surface area contributed by atoms with Gasteiger partial charge < -0.3 is 5.32 Å². The second-order valence-electron chi connectivity index (χ2n) is 6.46. The first-order valence-corrected chi connectivity index (χ1v) is 9.27. The van der Waals surface area contributed by atoms with Gasteiger partial charge in [0.15, 0.2) is 11.8 Å². The molecule has 0 saturated heterocycles. The van der Waals surface area contributed by atoms with Gasteiger partial charge in [-0.25, -0.2) is 0 Å². The summed E-state index contributed by atoms with van der Waals surface area (Å²) >= 11 is 5.93. The molecule has 0 bridgehead atoms. The van der Waals surface area contributed by atoms with Gasteiger partial charge >= 0.3 is 0 Å². The van der Waals surface area contributed by atoms with Gasteiger partial charge in [-0.3, -0.25) is 39.2 Å². The van der Waals surface area contributed by atoms with E-state index in [1.807, 2.05) is 0 Å². The second kappa shape index (κ2) is 9.18. The fraction of sp³-hybridized carbons (Fsp3) is 0.0500. The third-order valence-corrected chi connectivity index (χ3v) is 4.57. The zero-order valence-electron chi connectivity index (χ0n) is 16.0. The number of anilines is 1. The summed E-state index contributed by atoms with van der Waals surface area (Å²) in [6.07, 6.45) is 1.08. The number of amides is 1. The topological polar surface area (TPSA) is 154 Å². The lowest BCUT2D eigenvalue weighted by molar-refractivity contribution is -0.385. The standard InChI is InChI=1S/C20H13ClN4O7/c21-13-7-8-17(26)23(11-13)18(19(27)12-3-1-5-15(9-12)24(29)30)20(28)22-14-4-2-6-16(10-14)25(31)32/h1-11,18H,(H,22,28). The highest BCUT2D eigenvalue weighted by Gasteiger charge is 2.31. The fourth-order valence-electron chi connectivity index (χ4n) is 2.89. The van der Waals surface area contributed by atoms with Crippen LogP contribution >= 0.6 is 11.6 Å². The number of non-ortho nitro benzene ring substituents is 2. The Labute approximate surface area is 184 Å². The Balaban J connectivity index is 2.07. The fourth-order valence-corrected chi connectivity index (χ4v) is 3.06. The molecule has 0 spiro atoms. The average Bonchev–Trinajstić information content (AvgIpc) is 2.76. The summed E-state index contributed by atoms with van der Waals surface area (Å²) in [6, 6.07) is 10.2. The molecular weight excluding hydrogens is 444 g/mol. The van der Waals surface area contributed by atoms with E-state index in [1.165, 1.54) is 42.5 Å². The summed E-state index contributed by atoms with van der Waals surface area (Å²) in [5.41, 5.74) is -1.59. The quantitative estimate of drug-likeness (QED) is 0.247. The predicted octanol–water partition coefficient (Wildman–Crippen LogP) is 3.38. The van der Waals surface area contributed by atoms with Gasteiger partial charge in [-0.15, -0.1) is 0 Å². The number of rotatable bonds is 7. The minimum Gasteiger partial charge on any atom is -0.324 e. The van der Waals surface area contributed by atoms with E-state index in [4.69, 9.17) is 11.6 Å². The first kappa shape index (κ1) is 22.3. The maximum atomic E-state index is 13.2. The van der Waals surface area contributed by atoms with Crippen LogP contribution in [-0.2, 0) is 4.79 Å². The number of pyridine rings is 1. The van der Waals surface area contributed by atoms with Crippen molar-refractivity contribution in [3.63, 3.8) is 0 Å². The van der Waals surface area contributed by atoms with E-state index in [1.54, 1.807) is 0 Å². The number of Topliss-reactive ketones (excluding diaryl/α,β-unsaturated/α-hetero) is 1. The molecule has 3 aromatic rings. The highest BCUT2D eigenvalue weighted by atomic mass is 35.5. The monoisotopic (exact) mass is 456 g/mol. The number of nitrogens with zero attached hydrogens (tertiary/aromatic N) is 3. The third kappa shape index (κ3) is 4.84. The largest absolute Gasteiger partial charge is 0.324 e. The molecule has 0 fully saturated rings. The Morgan fingerprint density at radius 2 is 1.56 bits per heavy atom. The first-order chi connectivity index (χ1) is 15.2. The van der Waals surface area contributed by atoms with Gasteiger partial charge in [-0.2, -0.15) is 0 Å². The molecule has 2 aromatic carbocycles. The van der Waals surface area contributed by atoms with Crippen LogP contribution < -0.4 is 10.9 Å². The smallest absolute Gasteiger partial charge is 0.271 e. The molecule has 0 aliphatic heterocycles. The van der Waals surface area contributed by atoms with Crippen molar-refractivity contribution in [2.75, 3.05) is 5.32 Å². The Bertz CT molecular complexity index is 1300. The van der Waals surface area contributed by atoms with Gasteiger partial charge in [0.1, 0.15) is 0 Å². The lowest BCUT2D eigenvalue weighted by Crippen LogP contribution is -2.38. The number of ketones is 1. The van der Waals surface area contributed by atoms with Crippen molar-refractivity contribution >= 4 is 40.4 Å². The zero-order valence-corrected chi connectivity index (χ0v) is 16.8. The number of benzene rings is 2. The molecule has 11 nitrogen and oxygen atoms in total. The maximum absolute atomic E-state index is 13.2. The van der Waals surface area contributed by atoms with E-state index in [-0.39, 0.29) is 27.6 Å². The van der Waals surface area contributed by atoms with Gasteiger partial charge in [0, 0.05) is 47.8 Å². The van der Waals surface area contributed by atoms with Gasteiger partial charge in [-0.1, -0.05) is 29.8 Å². The maximum Gasteiger partial charge on any atom is 0.271 e. The van der Waals surface area contributed by atoms with Gasteiger partial charge in [-0.05, 0) is 12.1 Å². The molecular formula is C20H13ClN4O7. The normalized spacial score (nSPS) is 11.4. The predicted molar refractivity (Wildman–Crippen MR) is 114 cm³/mol. The van der Waals surface area contributed by atoms with Gasteiger partial charge in [0.05, 0.1) is 14.9 Å². The van der Waals surface area contributed by atoms with Crippen molar-refractivity contribution in [3.8, 4) is 0 Å². The van der Waals surface area contributed by atoms with Crippen molar-refractivity contribution in [3.05, 3.63) is 108 Å². The number of carbonyl (C=O) groups excluding carboxylic acids is 2. The van der Waals surface area contributed by atoms with Crippen LogP contribution in [-0.4, -0.2) is 26.1 Å². The van der Waals surface area contributed by atoms with Crippen LogP contribution in [0.2, 0.25) is 5.02 Å². The summed E-state index contributed by atoms with van der Waals surface area (Å²) in [6.45, 7) is 0. The molecule has 1 atom stereocenters. The highest BCUT2D eigenvalue weighted by Crippen LogP contribution is 2.23. The van der Waals surface area contributed by atoms with Crippen LogP contribution in [0.1, 0.15) is 16.4 Å². The molecule has 1 aromatic heterocycles. The van der Waals surface area contributed by atoms with E-state index < -0.39 is 33.1 Å². The van der Waals surface area contributed by atoms with Crippen molar-refractivity contribution in [2.45, 2.75) is 6.04 Å². The summed E-state index contributed by atoms with van der Waals surface area (Å²) < 4.78 is 0.788. The number of nitro benzene ring substituents is 2. The van der Waals surface area contributed by atoms with Gasteiger partial charge in [0.2, 0.25) is 0 Å². The number of nitro groups is 2. The molecule has 162 valence electrons. The van der Waals surface area contributed by atoms with Crippen LogP contribution in [0.3, 0.4) is 0 Å². The number of aromatic nitrogens is 1. The van der Waals surface area contributed by atoms with Crippen molar-refractivity contribution < 1.29 is 19.4 Å². The Morgan fingerprint density at radius 1 is 0.938 bits per heavy atom. The Kier molecular flexibility index (Phi) is 6.40. The minimum absolute atomic E-state index is 0.0103. The van der Waals surface area contributed by atoms with E-state index in [0.717, 1.165) is 29.0 Å². The molecule has 1 N–H and O–H groups in total. The lowest BCUT2D eigenvalue weighted by Gasteiger charge is -2.19.